The number of carbonyl (C=O) groups excluding carboxylic acids is 1. The van der Waals surface area contributed by atoms with Crippen molar-refractivity contribution in [3.63, 3.8) is 0 Å². The molecule has 3 nitrogen and oxygen atoms in total. The SMILES string of the molecule is COc1ccc(N(C)C(=O)CCc2cc(F)cc(F)c2)cc1. The molecule has 1 amide bonds. The topological polar surface area (TPSA) is 29.5 Å². The number of ether oxygens (including phenoxy) is 1. The van der Waals surface area contributed by atoms with E-state index in [1.807, 2.05) is 0 Å². The minimum atomic E-state index is -0.633. The first-order valence-corrected chi connectivity index (χ1v) is 6.85. The Bertz CT molecular complexity index is 636. The number of carbonyl (C=O) groups is 1. The molecule has 0 saturated carbocycles. The predicted octanol–water partition coefficient (Wildman–Crippen LogP) is 3.57. The number of aryl methyl sites for hydroxylation is 1. The molecule has 0 heterocycles. The van der Waals surface area contributed by atoms with Crippen molar-refractivity contribution in [1.29, 1.82) is 0 Å². The number of methoxy groups -OCH3 is 1. The smallest absolute Gasteiger partial charge is 0.227 e. The van der Waals surface area contributed by atoms with E-state index in [0.29, 0.717) is 11.3 Å². The molecule has 0 bridgehead atoms. The van der Waals surface area contributed by atoms with Crippen molar-refractivity contribution in [3.8, 4) is 5.75 Å². The van der Waals surface area contributed by atoms with Gasteiger partial charge in [-0.1, -0.05) is 0 Å². The van der Waals surface area contributed by atoms with Crippen LogP contribution in [0.2, 0.25) is 0 Å². The standard InChI is InChI=1S/C17H17F2NO2/c1-20(15-4-6-16(22-2)7-5-15)17(21)8-3-12-9-13(18)11-14(19)10-12/h4-7,9-11H,3,8H2,1-2H3. The number of anilines is 1. The Hall–Kier alpha value is -2.43. The maximum atomic E-state index is 13.1. The summed E-state index contributed by atoms with van der Waals surface area (Å²) in [4.78, 5) is 13.7. The minimum Gasteiger partial charge on any atom is -0.497 e. The highest BCUT2D eigenvalue weighted by molar-refractivity contribution is 5.92. The average Bonchev–Trinajstić information content (AvgIpc) is 2.51. The zero-order valence-corrected chi connectivity index (χ0v) is 12.5. The molecule has 5 heteroatoms. The molecule has 0 aromatic heterocycles. The van der Waals surface area contributed by atoms with Crippen LogP contribution in [-0.4, -0.2) is 20.1 Å². The van der Waals surface area contributed by atoms with Gasteiger partial charge < -0.3 is 9.64 Å². The van der Waals surface area contributed by atoms with Gasteiger partial charge in [-0.25, -0.2) is 8.78 Å². The average molecular weight is 305 g/mol. The summed E-state index contributed by atoms with van der Waals surface area (Å²) < 4.78 is 31.3. The molecule has 0 aliphatic carbocycles. The fraction of sp³-hybridized carbons (Fsp3) is 0.235. The van der Waals surface area contributed by atoms with Gasteiger partial charge in [0, 0.05) is 25.2 Å². The number of hydrogen-bond acceptors (Lipinski definition) is 2. The minimum absolute atomic E-state index is 0.130. The number of amides is 1. The Morgan fingerprint density at radius 1 is 1.09 bits per heavy atom. The van der Waals surface area contributed by atoms with Crippen LogP contribution in [0.3, 0.4) is 0 Å². The van der Waals surface area contributed by atoms with Crippen molar-refractivity contribution in [2.24, 2.45) is 0 Å². The Kier molecular flexibility index (Phi) is 5.09. The Morgan fingerprint density at radius 3 is 2.23 bits per heavy atom. The van der Waals surface area contributed by atoms with Crippen molar-refractivity contribution in [2.75, 3.05) is 19.1 Å². The van der Waals surface area contributed by atoms with Crippen molar-refractivity contribution in [3.05, 3.63) is 59.7 Å². The third-order valence-electron chi connectivity index (χ3n) is 3.38. The van der Waals surface area contributed by atoms with E-state index >= 15 is 0 Å². The normalized spacial score (nSPS) is 10.4. The number of nitrogens with zero attached hydrogens (tertiary/aromatic N) is 1. The van der Waals surface area contributed by atoms with E-state index in [0.717, 1.165) is 11.8 Å². The van der Waals surface area contributed by atoms with Gasteiger partial charge in [0.2, 0.25) is 5.91 Å². The van der Waals surface area contributed by atoms with E-state index in [1.54, 1.807) is 38.4 Å². The zero-order valence-electron chi connectivity index (χ0n) is 12.5. The molecule has 2 aromatic rings. The highest BCUT2D eigenvalue weighted by atomic mass is 19.1. The Balaban J connectivity index is 1.98. The summed E-state index contributed by atoms with van der Waals surface area (Å²) >= 11 is 0. The summed E-state index contributed by atoms with van der Waals surface area (Å²) in [5, 5.41) is 0. The van der Waals surface area contributed by atoms with E-state index in [4.69, 9.17) is 4.74 Å². The highest BCUT2D eigenvalue weighted by Crippen LogP contribution is 2.19. The summed E-state index contributed by atoms with van der Waals surface area (Å²) in [5.41, 5.74) is 1.20. The molecule has 0 aliphatic heterocycles. The molecular formula is C17H17F2NO2. The second kappa shape index (κ2) is 7.02. The molecule has 116 valence electrons. The van der Waals surface area contributed by atoms with Gasteiger partial charge in [0.1, 0.15) is 17.4 Å². The van der Waals surface area contributed by atoms with Crippen LogP contribution < -0.4 is 9.64 Å². The van der Waals surface area contributed by atoms with E-state index < -0.39 is 11.6 Å². The Morgan fingerprint density at radius 2 is 1.68 bits per heavy atom. The quantitative estimate of drug-likeness (QED) is 0.845. The molecule has 22 heavy (non-hydrogen) atoms. The molecule has 0 aliphatic rings. The van der Waals surface area contributed by atoms with Crippen LogP contribution in [0.25, 0.3) is 0 Å². The number of benzene rings is 2. The van der Waals surface area contributed by atoms with Crippen molar-refractivity contribution in [1.82, 2.24) is 0 Å². The summed E-state index contributed by atoms with van der Waals surface area (Å²) in [6.07, 6.45) is 0.458. The van der Waals surface area contributed by atoms with Crippen LogP contribution in [0.1, 0.15) is 12.0 Å². The molecule has 0 unspecified atom stereocenters. The largest absolute Gasteiger partial charge is 0.497 e. The zero-order chi connectivity index (χ0) is 16.1. The highest BCUT2D eigenvalue weighted by Gasteiger charge is 2.12. The monoisotopic (exact) mass is 305 g/mol. The maximum absolute atomic E-state index is 13.1. The first kappa shape index (κ1) is 15.9. The fourth-order valence-electron chi connectivity index (χ4n) is 2.12. The van der Waals surface area contributed by atoms with Crippen LogP contribution in [0.5, 0.6) is 5.75 Å². The summed E-state index contributed by atoms with van der Waals surface area (Å²) in [6, 6.07) is 10.4. The molecule has 0 fully saturated rings. The van der Waals surface area contributed by atoms with Gasteiger partial charge in [-0.15, -0.1) is 0 Å². The van der Waals surface area contributed by atoms with Gasteiger partial charge in [0.25, 0.3) is 0 Å². The fourth-order valence-corrected chi connectivity index (χ4v) is 2.12. The first-order valence-electron chi connectivity index (χ1n) is 6.85. The van der Waals surface area contributed by atoms with Crippen LogP contribution in [0.4, 0.5) is 14.5 Å². The number of halogens is 2. The van der Waals surface area contributed by atoms with Crippen LogP contribution in [0.15, 0.2) is 42.5 Å². The van der Waals surface area contributed by atoms with Gasteiger partial charge in [-0.3, -0.25) is 4.79 Å². The lowest BCUT2D eigenvalue weighted by Gasteiger charge is -2.17. The van der Waals surface area contributed by atoms with E-state index in [-0.39, 0.29) is 18.7 Å². The summed E-state index contributed by atoms with van der Waals surface area (Å²) in [6.45, 7) is 0. The van der Waals surface area contributed by atoms with E-state index in [2.05, 4.69) is 0 Å². The molecule has 2 aromatic carbocycles. The van der Waals surface area contributed by atoms with Gasteiger partial charge in [-0.2, -0.15) is 0 Å². The third-order valence-corrected chi connectivity index (χ3v) is 3.38. The third kappa shape index (κ3) is 4.04. The molecule has 0 spiro atoms. The van der Waals surface area contributed by atoms with Gasteiger partial charge in [-0.05, 0) is 48.4 Å². The maximum Gasteiger partial charge on any atom is 0.227 e. The second-order valence-corrected chi connectivity index (χ2v) is 4.93. The van der Waals surface area contributed by atoms with Crippen molar-refractivity contribution in [2.45, 2.75) is 12.8 Å². The van der Waals surface area contributed by atoms with Crippen molar-refractivity contribution < 1.29 is 18.3 Å². The van der Waals surface area contributed by atoms with Gasteiger partial charge >= 0.3 is 0 Å². The molecule has 0 N–H and O–H groups in total. The van der Waals surface area contributed by atoms with Crippen LogP contribution >= 0.6 is 0 Å². The number of hydrogen-bond donors (Lipinski definition) is 0. The van der Waals surface area contributed by atoms with Gasteiger partial charge in [0.05, 0.1) is 7.11 Å². The van der Waals surface area contributed by atoms with E-state index in [9.17, 15) is 13.6 Å². The number of rotatable bonds is 5. The lowest BCUT2D eigenvalue weighted by Crippen LogP contribution is -2.26. The molecular weight excluding hydrogens is 288 g/mol. The summed E-state index contributed by atoms with van der Waals surface area (Å²) in [5.74, 6) is -0.688. The van der Waals surface area contributed by atoms with Crippen LogP contribution in [-0.2, 0) is 11.2 Å². The lowest BCUT2D eigenvalue weighted by molar-refractivity contribution is -0.118. The lowest BCUT2D eigenvalue weighted by atomic mass is 10.1. The van der Waals surface area contributed by atoms with Gasteiger partial charge in [0.15, 0.2) is 0 Å². The molecule has 0 atom stereocenters. The Labute approximate surface area is 128 Å². The predicted molar refractivity (Wildman–Crippen MR) is 81.1 cm³/mol. The molecule has 0 saturated heterocycles. The molecule has 2 rings (SSSR count). The summed E-state index contributed by atoms with van der Waals surface area (Å²) in [7, 11) is 3.23. The first-order chi connectivity index (χ1) is 10.5. The van der Waals surface area contributed by atoms with E-state index in [1.165, 1.54) is 17.0 Å². The molecule has 0 radical (unpaired) electrons. The van der Waals surface area contributed by atoms with Crippen LogP contribution in [0, 0.1) is 11.6 Å². The van der Waals surface area contributed by atoms with Crippen molar-refractivity contribution >= 4 is 11.6 Å². The second-order valence-electron chi connectivity index (χ2n) is 4.93.